The molecule has 0 aliphatic rings. The maximum absolute atomic E-state index is 13.7. The molecule has 1 heterocycles. The van der Waals surface area contributed by atoms with Crippen molar-refractivity contribution in [2.24, 2.45) is 0 Å². The lowest BCUT2D eigenvalue weighted by atomic mass is 10.3. The maximum atomic E-state index is 13.7. The van der Waals surface area contributed by atoms with Crippen LogP contribution in [0.4, 0.5) is 31.9 Å². The Morgan fingerprint density at radius 2 is 1.71 bits per heavy atom. The summed E-state index contributed by atoms with van der Waals surface area (Å²) < 4.78 is 32.6. The fourth-order valence-corrected chi connectivity index (χ4v) is 2.03. The van der Waals surface area contributed by atoms with Crippen LogP contribution in [0.2, 0.25) is 0 Å². The van der Waals surface area contributed by atoms with Gasteiger partial charge < -0.3 is 15.4 Å². The van der Waals surface area contributed by atoms with Gasteiger partial charge in [0.15, 0.2) is 5.82 Å². The summed E-state index contributed by atoms with van der Waals surface area (Å²) in [6.07, 6.45) is 1.26. The second-order valence-electron chi connectivity index (χ2n) is 4.71. The van der Waals surface area contributed by atoms with Crippen molar-refractivity contribution in [1.82, 2.24) is 15.2 Å². The van der Waals surface area contributed by atoms with Crippen molar-refractivity contribution in [3.05, 3.63) is 60.3 Å². The molecule has 1 aromatic heterocycles. The Labute approximate surface area is 136 Å². The van der Waals surface area contributed by atoms with E-state index in [1.165, 1.54) is 12.3 Å². The highest BCUT2D eigenvalue weighted by molar-refractivity contribution is 5.63. The Morgan fingerprint density at radius 1 is 0.958 bits per heavy atom. The molecule has 0 saturated carbocycles. The van der Waals surface area contributed by atoms with E-state index in [1.807, 2.05) is 12.1 Å². The molecule has 0 radical (unpaired) electrons. The lowest BCUT2D eigenvalue weighted by Crippen LogP contribution is -2.05. The Hall–Kier alpha value is -3.29. The molecular formula is C16H13F2N5O. The molecule has 24 heavy (non-hydrogen) atoms. The minimum absolute atomic E-state index is 0.145. The molecule has 3 rings (SSSR count). The van der Waals surface area contributed by atoms with Gasteiger partial charge in [-0.15, -0.1) is 5.10 Å². The molecule has 6 nitrogen and oxygen atoms in total. The van der Waals surface area contributed by atoms with Crippen LogP contribution in [-0.4, -0.2) is 22.3 Å². The van der Waals surface area contributed by atoms with Gasteiger partial charge in [-0.25, -0.2) is 8.78 Å². The summed E-state index contributed by atoms with van der Waals surface area (Å²) in [6.45, 7) is 0. The van der Waals surface area contributed by atoms with Crippen molar-refractivity contribution >= 4 is 23.1 Å². The van der Waals surface area contributed by atoms with Crippen LogP contribution in [0.15, 0.2) is 48.7 Å². The van der Waals surface area contributed by atoms with Gasteiger partial charge in [0.1, 0.15) is 23.1 Å². The van der Waals surface area contributed by atoms with Gasteiger partial charge in [-0.2, -0.15) is 10.1 Å². The van der Waals surface area contributed by atoms with E-state index < -0.39 is 11.6 Å². The number of para-hydroxylation sites is 3. The number of methoxy groups -OCH3 is 1. The van der Waals surface area contributed by atoms with Crippen LogP contribution in [0.25, 0.3) is 0 Å². The van der Waals surface area contributed by atoms with Gasteiger partial charge in [-0.3, -0.25) is 0 Å². The maximum Gasteiger partial charge on any atom is 0.249 e. The number of hydrogen-bond donors (Lipinski definition) is 2. The molecular weight excluding hydrogens is 316 g/mol. The summed E-state index contributed by atoms with van der Waals surface area (Å²) in [5.74, 6) is -0.562. The van der Waals surface area contributed by atoms with Gasteiger partial charge in [0.05, 0.1) is 19.0 Å². The number of halogens is 2. The van der Waals surface area contributed by atoms with E-state index >= 15 is 0 Å². The summed E-state index contributed by atoms with van der Waals surface area (Å²) in [5, 5.41) is 13.1. The molecule has 0 aliphatic heterocycles. The molecule has 8 heteroatoms. The normalized spacial score (nSPS) is 10.3. The smallest absolute Gasteiger partial charge is 0.249 e. The van der Waals surface area contributed by atoms with Crippen molar-refractivity contribution < 1.29 is 13.5 Å². The van der Waals surface area contributed by atoms with Crippen LogP contribution in [0, 0.1) is 11.6 Å². The van der Waals surface area contributed by atoms with E-state index in [2.05, 4.69) is 25.8 Å². The summed E-state index contributed by atoms with van der Waals surface area (Å²) in [7, 11) is 1.54. The zero-order chi connectivity index (χ0) is 16.9. The first-order valence-electron chi connectivity index (χ1n) is 6.98. The molecule has 0 saturated heterocycles. The summed E-state index contributed by atoms with van der Waals surface area (Å²) in [6, 6.07) is 10.8. The summed E-state index contributed by atoms with van der Waals surface area (Å²) >= 11 is 0. The number of aromatic nitrogens is 3. The number of ether oxygens (including phenoxy) is 1. The average molecular weight is 329 g/mol. The van der Waals surface area contributed by atoms with Crippen molar-refractivity contribution in [2.45, 2.75) is 0 Å². The predicted octanol–water partition coefficient (Wildman–Crippen LogP) is 3.65. The lowest BCUT2D eigenvalue weighted by Gasteiger charge is -2.11. The Morgan fingerprint density at radius 3 is 2.46 bits per heavy atom. The monoisotopic (exact) mass is 329 g/mol. The molecule has 2 N–H and O–H groups in total. The molecule has 0 bridgehead atoms. The zero-order valence-corrected chi connectivity index (χ0v) is 12.6. The van der Waals surface area contributed by atoms with E-state index in [4.69, 9.17) is 4.74 Å². The number of rotatable bonds is 5. The van der Waals surface area contributed by atoms with Crippen LogP contribution in [0.5, 0.6) is 5.75 Å². The van der Waals surface area contributed by atoms with E-state index in [9.17, 15) is 8.78 Å². The fraction of sp³-hybridized carbons (Fsp3) is 0.0625. The summed E-state index contributed by atoms with van der Waals surface area (Å²) in [5.41, 5.74) is 0.331. The van der Waals surface area contributed by atoms with Crippen LogP contribution >= 0.6 is 0 Å². The molecule has 0 fully saturated rings. The minimum Gasteiger partial charge on any atom is -0.495 e. The number of nitrogens with one attached hydrogen (secondary N) is 2. The molecule has 2 aromatic carbocycles. The molecule has 0 aliphatic carbocycles. The second-order valence-corrected chi connectivity index (χ2v) is 4.71. The van der Waals surface area contributed by atoms with Gasteiger partial charge in [0.2, 0.25) is 5.95 Å². The first-order valence-corrected chi connectivity index (χ1v) is 6.98. The highest BCUT2D eigenvalue weighted by atomic mass is 19.1. The minimum atomic E-state index is -0.729. The van der Waals surface area contributed by atoms with Crippen LogP contribution in [-0.2, 0) is 0 Å². The van der Waals surface area contributed by atoms with E-state index in [0.717, 1.165) is 12.1 Å². The third-order valence-electron chi connectivity index (χ3n) is 3.13. The van der Waals surface area contributed by atoms with Crippen LogP contribution in [0.3, 0.4) is 0 Å². The quantitative estimate of drug-likeness (QED) is 0.744. The highest BCUT2D eigenvalue weighted by Gasteiger charge is 2.11. The summed E-state index contributed by atoms with van der Waals surface area (Å²) in [4.78, 5) is 4.14. The van der Waals surface area contributed by atoms with Crippen molar-refractivity contribution in [3.8, 4) is 5.75 Å². The SMILES string of the molecule is COc1ccccc1Nc1nncc(Nc2c(F)cccc2F)n1. The number of benzene rings is 2. The molecule has 0 unspecified atom stereocenters. The zero-order valence-electron chi connectivity index (χ0n) is 12.6. The van der Waals surface area contributed by atoms with Gasteiger partial charge in [-0.1, -0.05) is 18.2 Å². The van der Waals surface area contributed by atoms with Crippen LogP contribution in [0.1, 0.15) is 0 Å². The number of anilines is 4. The molecule has 0 spiro atoms. The number of hydrogen-bond acceptors (Lipinski definition) is 6. The third kappa shape index (κ3) is 3.37. The largest absolute Gasteiger partial charge is 0.495 e. The van der Waals surface area contributed by atoms with Gasteiger partial charge in [0.25, 0.3) is 0 Å². The Balaban J connectivity index is 1.84. The number of nitrogens with zero attached hydrogens (tertiary/aromatic N) is 3. The van der Waals surface area contributed by atoms with E-state index in [-0.39, 0.29) is 17.5 Å². The molecule has 0 atom stereocenters. The van der Waals surface area contributed by atoms with Gasteiger partial charge in [-0.05, 0) is 24.3 Å². The van der Waals surface area contributed by atoms with Crippen molar-refractivity contribution in [3.63, 3.8) is 0 Å². The van der Waals surface area contributed by atoms with Gasteiger partial charge >= 0.3 is 0 Å². The van der Waals surface area contributed by atoms with E-state index in [0.29, 0.717) is 11.4 Å². The predicted molar refractivity (Wildman–Crippen MR) is 85.7 cm³/mol. The highest BCUT2D eigenvalue weighted by Crippen LogP contribution is 2.26. The van der Waals surface area contributed by atoms with Crippen molar-refractivity contribution in [2.75, 3.05) is 17.7 Å². The Bertz CT molecular complexity index is 839. The molecule has 0 amide bonds. The molecule has 3 aromatic rings. The molecule has 122 valence electrons. The average Bonchev–Trinajstić information content (AvgIpc) is 2.59. The first kappa shape index (κ1) is 15.6. The third-order valence-corrected chi connectivity index (χ3v) is 3.13. The topological polar surface area (TPSA) is 72.0 Å². The van der Waals surface area contributed by atoms with Crippen LogP contribution < -0.4 is 15.4 Å². The second kappa shape index (κ2) is 6.86. The fourth-order valence-electron chi connectivity index (χ4n) is 2.03. The van der Waals surface area contributed by atoms with E-state index in [1.54, 1.807) is 19.2 Å². The van der Waals surface area contributed by atoms with Gasteiger partial charge in [0, 0.05) is 0 Å². The van der Waals surface area contributed by atoms with Crippen molar-refractivity contribution in [1.29, 1.82) is 0 Å². The first-order chi connectivity index (χ1) is 11.7. The Kier molecular flexibility index (Phi) is 4.46. The standard InChI is InChI=1S/C16H13F2N5O/c1-24-13-8-3-2-7-12(13)20-16-22-14(9-19-23-16)21-15-10(17)5-4-6-11(15)18/h2-9H,1H3,(H2,20,21,22,23). The lowest BCUT2D eigenvalue weighted by molar-refractivity contribution is 0.417.